The highest BCUT2D eigenvalue weighted by molar-refractivity contribution is 5.70. The average molecular weight is 412 g/mol. The van der Waals surface area contributed by atoms with E-state index in [0.717, 1.165) is 18.9 Å². The van der Waals surface area contributed by atoms with Gasteiger partial charge >= 0.3 is 5.97 Å². The standard InChI is InChI=1S/C27H41NO2/c1-4-30-26(29)18-23-14-10-16-25(28-19-21-11-6-5-7-12-21)27(23)24-15-9-8-13-22(24)17-20(2)3/h8-9,13,15,17,21,23,25,27-28H,4-7,10-12,14,16,18-19H2,1-3H3. The van der Waals surface area contributed by atoms with E-state index in [2.05, 4.69) is 49.5 Å². The third kappa shape index (κ3) is 6.44. The van der Waals surface area contributed by atoms with E-state index in [1.54, 1.807) is 0 Å². The van der Waals surface area contributed by atoms with E-state index in [4.69, 9.17) is 4.74 Å². The van der Waals surface area contributed by atoms with Gasteiger partial charge in [-0.25, -0.2) is 0 Å². The molecule has 1 aromatic rings. The molecule has 1 aromatic carbocycles. The van der Waals surface area contributed by atoms with E-state index >= 15 is 0 Å². The van der Waals surface area contributed by atoms with Crippen molar-refractivity contribution in [3.05, 3.63) is 41.0 Å². The van der Waals surface area contributed by atoms with Crippen molar-refractivity contribution in [3.63, 3.8) is 0 Å². The molecule has 2 aliphatic rings. The summed E-state index contributed by atoms with van der Waals surface area (Å²) < 4.78 is 5.34. The van der Waals surface area contributed by atoms with Crippen molar-refractivity contribution in [2.24, 2.45) is 11.8 Å². The highest BCUT2D eigenvalue weighted by atomic mass is 16.5. The van der Waals surface area contributed by atoms with Gasteiger partial charge in [-0.2, -0.15) is 0 Å². The number of carbonyl (C=O) groups excluding carboxylic acids is 1. The largest absolute Gasteiger partial charge is 0.466 e. The Labute approximate surface area is 183 Å². The van der Waals surface area contributed by atoms with Crippen LogP contribution in [0.2, 0.25) is 0 Å². The molecule has 3 rings (SSSR count). The molecular formula is C27H41NO2. The summed E-state index contributed by atoms with van der Waals surface area (Å²) in [5.74, 6) is 1.48. The van der Waals surface area contributed by atoms with E-state index in [1.165, 1.54) is 61.6 Å². The third-order valence-corrected chi connectivity index (χ3v) is 6.96. The molecule has 0 saturated heterocycles. The normalized spacial score (nSPS) is 25.0. The van der Waals surface area contributed by atoms with Gasteiger partial charge < -0.3 is 10.1 Å². The molecule has 3 atom stereocenters. The predicted molar refractivity (Wildman–Crippen MR) is 125 cm³/mol. The SMILES string of the molecule is CCOC(=O)CC1CCCC(NCC2CCCCC2)C1c1ccccc1C=C(C)C. The van der Waals surface area contributed by atoms with Crippen LogP contribution in [0.1, 0.15) is 95.6 Å². The number of allylic oxidation sites excluding steroid dienone is 1. The van der Waals surface area contributed by atoms with E-state index in [0.29, 0.717) is 30.9 Å². The molecular weight excluding hydrogens is 370 g/mol. The zero-order valence-electron chi connectivity index (χ0n) is 19.3. The zero-order chi connectivity index (χ0) is 21.3. The van der Waals surface area contributed by atoms with Gasteiger partial charge in [0.1, 0.15) is 0 Å². The van der Waals surface area contributed by atoms with E-state index in [9.17, 15) is 4.79 Å². The fourth-order valence-corrected chi connectivity index (χ4v) is 5.62. The van der Waals surface area contributed by atoms with Crippen LogP contribution in [0.15, 0.2) is 29.8 Å². The van der Waals surface area contributed by atoms with Crippen LogP contribution in [0.3, 0.4) is 0 Å². The number of rotatable bonds is 8. The van der Waals surface area contributed by atoms with Gasteiger partial charge in [0, 0.05) is 18.4 Å². The number of benzene rings is 1. The molecule has 2 fully saturated rings. The molecule has 2 aliphatic carbocycles. The van der Waals surface area contributed by atoms with Crippen LogP contribution in [0.4, 0.5) is 0 Å². The Morgan fingerprint density at radius 1 is 1.07 bits per heavy atom. The van der Waals surface area contributed by atoms with Crippen molar-refractivity contribution in [2.75, 3.05) is 13.2 Å². The number of nitrogens with one attached hydrogen (secondary N) is 1. The van der Waals surface area contributed by atoms with Gasteiger partial charge in [-0.3, -0.25) is 4.79 Å². The van der Waals surface area contributed by atoms with Crippen LogP contribution < -0.4 is 5.32 Å². The summed E-state index contributed by atoms with van der Waals surface area (Å²) >= 11 is 0. The molecule has 0 spiro atoms. The summed E-state index contributed by atoms with van der Waals surface area (Å²) in [7, 11) is 0. The first-order chi connectivity index (χ1) is 14.6. The molecule has 0 heterocycles. The summed E-state index contributed by atoms with van der Waals surface area (Å²) in [5, 5.41) is 3.98. The molecule has 3 unspecified atom stereocenters. The number of hydrogen-bond acceptors (Lipinski definition) is 3. The molecule has 0 radical (unpaired) electrons. The molecule has 0 bridgehead atoms. The van der Waals surface area contributed by atoms with E-state index < -0.39 is 0 Å². The molecule has 166 valence electrons. The second-order valence-corrected chi connectivity index (χ2v) is 9.60. The van der Waals surface area contributed by atoms with Gasteiger partial charge in [-0.15, -0.1) is 0 Å². The minimum atomic E-state index is -0.0416. The van der Waals surface area contributed by atoms with Crippen molar-refractivity contribution in [1.29, 1.82) is 0 Å². The fourth-order valence-electron chi connectivity index (χ4n) is 5.62. The minimum Gasteiger partial charge on any atom is -0.466 e. The number of esters is 1. The van der Waals surface area contributed by atoms with Crippen LogP contribution in [-0.2, 0) is 9.53 Å². The van der Waals surface area contributed by atoms with Crippen molar-refractivity contribution in [2.45, 2.75) is 90.5 Å². The monoisotopic (exact) mass is 411 g/mol. The third-order valence-electron chi connectivity index (χ3n) is 6.96. The maximum absolute atomic E-state index is 12.4. The molecule has 30 heavy (non-hydrogen) atoms. The van der Waals surface area contributed by atoms with Gasteiger partial charge in [-0.05, 0) is 76.0 Å². The Bertz CT molecular complexity index is 701. The molecule has 3 heteroatoms. The van der Waals surface area contributed by atoms with E-state index in [1.807, 2.05) is 6.92 Å². The van der Waals surface area contributed by atoms with Gasteiger partial charge in [0.2, 0.25) is 0 Å². The first kappa shape index (κ1) is 23.1. The maximum atomic E-state index is 12.4. The number of ether oxygens (including phenoxy) is 1. The second-order valence-electron chi connectivity index (χ2n) is 9.60. The van der Waals surface area contributed by atoms with Gasteiger partial charge in [-0.1, -0.05) is 61.6 Å². The number of carbonyl (C=O) groups is 1. The van der Waals surface area contributed by atoms with Gasteiger partial charge in [0.25, 0.3) is 0 Å². The number of hydrogen-bond donors (Lipinski definition) is 1. The molecule has 0 amide bonds. The topological polar surface area (TPSA) is 38.3 Å². The van der Waals surface area contributed by atoms with Crippen molar-refractivity contribution < 1.29 is 9.53 Å². The predicted octanol–water partition coefficient (Wildman–Crippen LogP) is 6.49. The van der Waals surface area contributed by atoms with Crippen LogP contribution in [0.5, 0.6) is 0 Å². The molecule has 0 aliphatic heterocycles. The lowest BCUT2D eigenvalue weighted by Crippen LogP contribution is -2.44. The van der Waals surface area contributed by atoms with Crippen LogP contribution in [0.25, 0.3) is 6.08 Å². The Kier molecular flexibility index (Phi) is 8.99. The first-order valence-electron chi connectivity index (χ1n) is 12.2. The minimum absolute atomic E-state index is 0.0416. The summed E-state index contributed by atoms with van der Waals surface area (Å²) in [6, 6.07) is 9.25. The molecule has 2 saturated carbocycles. The summed E-state index contributed by atoms with van der Waals surface area (Å²) in [4.78, 5) is 12.4. The van der Waals surface area contributed by atoms with Gasteiger partial charge in [0.15, 0.2) is 0 Å². The van der Waals surface area contributed by atoms with Crippen LogP contribution in [-0.4, -0.2) is 25.2 Å². The van der Waals surface area contributed by atoms with Gasteiger partial charge in [0.05, 0.1) is 6.61 Å². The maximum Gasteiger partial charge on any atom is 0.306 e. The fraction of sp³-hybridized carbons (Fsp3) is 0.667. The quantitative estimate of drug-likeness (QED) is 0.497. The first-order valence-corrected chi connectivity index (χ1v) is 12.2. The lowest BCUT2D eigenvalue weighted by molar-refractivity contribution is -0.144. The Hall–Kier alpha value is -1.61. The summed E-state index contributed by atoms with van der Waals surface area (Å²) in [5.41, 5.74) is 4.02. The van der Waals surface area contributed by atoms with Crippen LogP contribution in [0, 0.1) is 11.8 Å². The summed E-state index contributed by atoms with van der Waals surface area (Å²) in [6.07, 6.45) is 13.2. The van der Waals surface area contributed by atoms with Crippen molar-refractivity contribution in [3.8, 4) is 0 Å². The lowest BCUT2D eigenvalue weighted by atomic mass is 9.69. The average Bonchev–Trinajstić information content (AvgIpc) is 2.73. The van der Waals surface area contributed by atoms with E-state index in [-0.39, 0.29) is 5.97 Å². The Morgan fingerprint density at radius 2 is 1.83 bits per heavy atom. The van der Waals surface area contributed by atoms with Crippen molar-refractivity contribution in [1.82, 2.24) is 5.32 Å². The molecule has 1 N–H and O–H groups in total. The molecule has 3 nitrogen and oxygen atoms in total. The van der Waals surface area contributed by atoms with Crippen LogP contribution >= 0.6 is 0 Å². The highest BCUT2D eigenvalue weighted by Crippen LogP contribution is 2.42. The lowest BCUT2D eigenvalue weighted by Gasteiger charge is -2.40. The Balaban J connectivity index is 1.84. The molecule has 0 aromatic heterocycles. The Morgan fingerprint density at radius 3 is 2.57 bits per heavy atom. The highest BCUT2D eigenvalue weighted by Gasteiger charge is 2.36. The summed E-state index contributed by atoms with van der Waals surface area (Å²) in [6.45, 7) is 7.81. The smallest absolute Gasteiger partial charge is 0.306 e. The second kappa shape index (κ2) is 11.7. The van der Waals surface area contributed by atoms with Crippen molar-refractivity contribution >= 4 is 12.0 Å². The zero-order valence-corrected chi connectivity index (χ0v) is 19.3.